The van der Waals surface area contributed by atoms with Crippen LogP contribution >= 0.6 is 0 Å². The molecule has 1 aliphatic heterocycles. The second-order valence-electron chi connectivity index (χ2n) is 4.52. The fraction of sp³-hybridized carbons (Fsp3) is 0.571. The zero-order valence-corrected chi connectivity index (χ0v) is 10.3. The fourth-order valence-corrected chi connectivity index (χ4v) is 2.12. The van der Waals surface area contributed by atoms with Crippen molar-refractivity contribution < 1.29 is 0 Å². The lowest BCUT2D eigenvalue weighted by Gasteiger charge is -2.28. The van der Waals surface area contributed by atoms with E-state index in [1.54, 1.807) is 5.57 Å². The Morgan fingerprint density at radius 3 is 2.73 bits per heavy atom. The molecule has 1 rings (SSSR count). The zero-order chi connectivity index (χ0) is 11.3. The second kappa shape index (κ2) is 5.79. The Morgan fingerprint density at radius 2 is 2.13 bits per heavy atom. The van der Waals surface area contributed by atoms with E-state index in [0.29, 0.717) is 0 Å². The molecule has 0 aromatic heterocycles. The summed E-state index contributed by atoms with van der Waals surface area (Å²) in [4.78, 5) is 2.46. The molecule has 0 spiro atoms. The lowest BCUT2D eigenvalue weighted by molar-refractivity contribution is 0.346. The van der Waals surface area contributed by atoms with Crippen LogP contribution in [0.5, 0.6) is 0 Å². The van der Waals surface area contributed by atoms with E-state index in [-0.39, 0.29) is 0 Å². The van der Waals surface area contributed by atoms with Gasteiger partial charge in [0.25, 0.3) is 0 Å². The zero-order valence-electron chi connectivity index (χ0n) is 10.3. The minimum absolute atomic E-state index is 1.13. The molecule has 0 fully saturated rings. The van der Waals surface area contributed by atoms with E-state index in [9.17, 15) is 0 Å². The summed E-state index contributed by atoms with van der Waals surface area (Å²) in [5.74, 6) is 0. The molecule has 1 heterocycles. The highest BCUT2D eigenvalue weighted by atomic mass is 15.1. The van der Waals surface area contributed by atoms with Crippen molar-refractivity contribution in [2.75, 3.05) is 13.1 Å². The molecule has 0 atom stereocenters. The first-order valence-electron chi connectivity index (χ1n) is 5.85. The third-order valence-corrected chi connectivity index (χ3v) is 2.94. The fourth-order valence-electron chi connectivity index (χ4n) is 2.12. The van der Waals surface area contributed by atoms with Gasteiger partial charge in [-0.3, -0.25) is 0 Å². The van der Waals surface area contributed by atoms with Crippen LogP contribution in [0.3, 0.4) is 0 Å². The van der Waals surface area contributed by atoms with Crippen LogP contribution in [0.15, 0.2) is 35.6 Å². The molecule has 0 N–H and O–H groups in total. The molecule has 1 nitrogen and oxygen atoms in total. The first-order chi connectivity index (χ1) is 7.15. The van der Waals surface area contributed by atoms with Crippen LogP contribution in [0.2, 0.25) is 0 Å². The summed E-state index contributed by atoms with van der Waals surface area (Å²) in [6.07, 6.45) is 8.03. The van der Waals surface area contributed by atoms with Crippen molar-refractivity contribution in [1.29, 1.82) is 0 Å². The highest BCUT2D eigenvalue weighted by Gasteiger charge is 2.09. The number of allylic oxidation sites excluding steroid dienone is 3. The Kier molecular flexibility index (Phi) is 4.67. The summed E-state index contributed by atoms with van der Waals surface area (Å²) in [5.41, 5.74) is 4.24. The monoisotopic (exact) mass is 205 g/mol. The van der Waals surface area contributed by atoms with Gasteiger partial charge in [-0.15, -0.1) is 0 Å². The van der Waals surface area contributed by atoms with Gasteiger partial charge in [-0.1, -0.05) is 23.8 Å². The van der Waals surface area contributed by atoms with Crippen molar-refractivity contribution in [1.82, 2.24) is 4.90 Å². The highest BCUT2D eigenvalue weighted by Crippen LogP contribution is 2.17. The van der Waals surface area contributed by atoms with E-state index in [4.69, 9.17) is 0 Å². The summed E-state index contributed by atoms with van der Waals surface area (Å²) in [6, 6.07) is 0. The molecule has 0 saturated heterocycles. The van der Waals surface area contributed by atoms with E-state index >= 15 is 0 Å². The predicted molar refractivity (Wildman–Crippen MR) is 67.8 cm³/mol. The van der Waals surface area contributed by atoms with Crippen molar-refractivity contribution >= 4 is 0 Å². The molecule has 0 bridgehead atoms. The summed E-state index contributed by atoms with van der Waals surface area (Å²) in [5, 5.41) is 0. The van der Waals surface area contributed by atoms with Crippen molar-refractivity contribution in [3.63, 3.8) is 0 Å². The lowest BCUT2D eigenvalue weighted by Crippen LogP contribution is -2.26. The average molecular weight is 205 g/mol. The van der Waals surface area contributed by atoms with E-state index < -0.39 is 0 Å². The van der Waals surface area contributed by atoms with Crippen molar-refractivity contribution in [2.24, 2.45) is 0 Å². The smallest absolute Gasteiger partial charge is 0.0346 e. The molecular weight excluding hydrogens is 182 g/mol. The summed E-state index contributed by atoms with van der Waals surface area (Å²) in [7, 11) is 0. The van der Waals surface area contributed by atoms with Gasteiger partial charge in [0.1, 0.15) is 0 Å². The van der Waals surface area contributed by atoms with Gasteiger partial charge < -0.3 is 4.90 Å². The van der Waals surface area contributed by atoms with Gasteiger partial charge in [0.05, 0.1) is 0 Å². The van der Waals surface area contributed by atoms with Crippen LogP contribution in [-0.2, 0) is 0 Å². The quantitative estimate of drug-likeness (QED) is 0.488. The first kappa shape index (κ1) is 12.1. The Balaban J connectivity index is 2.71. The van der Waals surface area contributed by atoms with E-state index in [2.05, 4.69) is 38.3 Å². The molecule has 15 heavy (non-hydrogen) atoms. The summed E-state index contributed by atoms with van der Waals surface area (Å²) < 4.78 is 0. The van der Waals surface area contributed by atoms with E-state index in [1.807, 2.05) is 6.08 Å². The molecule has 0 unspecified atom stereocenters. The highest BCUT2D eigenvalue weighted by molar-refractivity contribution is 5.21. The van der Waals surface area contributed by atoms with Crippen LogP contribution in [0, 0.1) is 0 Å². The van der Waals surface area contributed by atoms with Crippen molar-refractivity contribution in [2.45, 2.75) is 40.0 Å². The van der Waals surface area contributed by atoms with Crippen molar-refractivity contribution in [3.05, 3.63) is 35.6 Å². The minimum Gasteiger partial charge on any atom is -0.371 e. The van der Waals surface area contributed by atoms with Gasteiger partial charge in [0.15, 0.2) is 0 Å². The summed E-state index contributed by atoms with van der Waals surface area (Å²) in [6.45, 7) is 12.8. The largest absolute Gasteiger partial charge is 0.371 e. The minimum atomic E-state index is 1.13. The summed E-state index contributed by atoms with van der Waals surface area (Å²) >= 11 is 0. The SMILES string of the molecule is C=CC(=C(C)C)N1CCC=C(C)CCC1. The van der Waals surface area contributed by atoms with Gasteiger partial charge in [-0.05, 0) is 46.1 Å². The molecule has 1 aliphatic rings. The van der Waals surface area contributed by atoms with Crippen LogP contribution in [0.25, 0.3) is 0 Å². The number of rotatable bonds is 2. The average Bonchev–Trinajstić information content (AvgIpc) is 2.14. The Morgan fingerprint density at radius 1 is 1.40 bits per heavy atom. The Hall–Kier alpha value is -0.980. The number of hydrogen-bond donors (Lipinski definition) is 0. The Labute approximate surface area is 94.2 Å². The maximum absolute atomic E-state index is 3.91. The molecule has 0 aromatic carbocycles. The van der Waals surface area contributed by atoms with Crippen LogP contribution in [0.1, 0.15) is 40.0 Å². The molecule has 0 amide bonds. The molecule has 0 radical (unpaired) electrons. The van der Waals surface area contributed by atoms with Gasteiger partial charge in [-0.25, -0.2) is 0 Å². The van der Waals surface area contributed by atoms with E-state index in [0.717, 1.165) is 19.5 Å². The van der Waals surface area contributed by atoms with Gasteiger partial charge >= 0.3 is 0 Å². The van der Waals surface area contributed by atoms with Gasteiger partial charge in [-0.2, -0.15) is 0 Å². The first-order valence-corrected chi connectivity index (χ1v) is 5.85. The lowest BCUT2D eigenvalue weighted by atomic mass is 10.1. The normalized spacial score (nSPS) is 17.5. The predicted octanol–water partition coefficient (Wildman–Crippen LogP) is 3.90. The maximum Gasteiger partial charge on any atom is 0.0346 e. The third-order valence-electron chi connectivity index (χ3n) is 2.94. The molecule has 0 saturated carbocycles. The molecule has 1 heteroatoms. The maximum atomic E-state index is 3.91. The van der Waals surface area contributed by atoms with Gasteiger partial charge in [0.2, 0.25) is 0 Å². The molecule has 0 aliphatic carbocycles. The van der Waals surface area contributed by atoms with Crippen LogP contribution < -0.4 is 0 Å². The standard InChI is InChI=1S/C14H23N/c1-5-14(12(2)3)15-10-6-8-13(4)9-7-11-15/h5,8H,1,6-7,9-11H2,2-4H3. The third kappa shape index (κ3) is 3.58. The van der Waals surface area contributed by atoms with Gasteiger partial charge in [0, 0.05) is 18.8 Å². The second-order valence-corrected chi connectivity index (χ2v) is 4.52. The van der Waals surface area contributed by atoms with E-state index in [1.165, 1.54) is 24.1 Å². The van der Waals surface area contributed by atoms with Crippen LogP contribution in [0.4, 0.5) is 0 Å². The number of hydrogen-bond acceptors (Lipinski definition) is 1. The molecule has 84 valence electrons. The number of nitrogens with zero attached hydrogens (tertiary/aromatic N) is 1. The molecular formula is C14H23N. The molecule has 0 aromatic rings. The Bertz CT molecular complexity index is 280. The topological polar surface area (TPSA) is 3.24 Å². The van der Waals surface area contributed by atoms with Crippen LogP contribution in [-0.4, -0.2) is 18.0 Å². The van der Waals surface area contributed by atoms with Crippen molar-refractivity contribution in [3.8, 4) is 0 Å².